The van der Waals surface area contributed by atoms with Gasteiger partial charge in [0.2, 0.25) is 0 Å². The van der Waals surface area contributed by atoms with E-state index in [1.807, 2.05) is 54.6 Å². The lowest BCUT2D eigenvalue weighted by Gasteiger charge is -2.06. The van der Waals surface area contributed by atoms with E-state index >= 15 is 0 Å². The fraction of sp³-hybridized carbons (Fsp3) is 0.0952. The van der Waals surface area contributed by atoms with Crippen LogP contribution in [0.1, 0.15) is 11.4 Å². The third-order valence-electron chi connectivity index (χ3n) is 4.49. The first-order valence-corrected chi connectivity index (χ1v) is 10.2. The van der Waals surface area contributed by atoms with E-state index in [0.29, 0.717) is 4.90 Å². The van der Waals surface area contributed by atoms with E-state index in [-0.39, 0.29) is 0 Å². The minimum Gasteiger partial charge on any atom is -0.342 e. The number of imidazole rings is 1. The Morgan fingerprint density at radius 2 is 1.85 bits per heavy atom. The number of rotatable bonds is 5. The lowest BCUT2D eigenvalue weighted by molar-refractivity contribution is 0.684. The summed E-state index contributed by atoms with van der Waals surface area (Å²) in [5.74, 6) is 0.929. The number of fused-ring (bicyclic) bond motifs is 1. The minimum absolute atomic E-state index is 0.623. The van der Waals surface area contributed by atoms with Crippen molar-refractivity contribution in [2.75, 3.05) is 0 Å². The number of halogens is 1. The van der Waals surface area contributed by atoms with Crippen LogP contribution in [0.25, 0.3) is 22.2 Å². The summed E-state index contributed by atoms with van der Waals surface area (Å²) in [5, 5.41) is 6.36. The van der Waals surface area contributed by atoms with Crippen LogP contribution in [0.5, 0.6) is 0 Å². The van der Waals surface area contributed by atoms with Gasteiger partial charge in [-0.3, -0.25) is 0 Å². The Bertz CT molecular complexity index is 1140. The number of hydrogen-bond donors (Lipinski definition) is 2. The molecule has 0 amide bonds. The van der Waals surface area contributed by atoms with Crippen LogP contribution in [0.2, 0.25) is 5.02 Å². The van der Waals surface area contributed by atoms with Crippen molar-refractivity contribution in [3.05, 3.63) is 83.1 Å². The molecule has 3 N–H and O–H groups in total. The van der Waals surface area contributed by atoms with E-state index in [2.05, 4.69) is 16.0 Å². The molecule has 0 aliphatic carbocycles. The van der Waals surface area contributed by atoms with E-state index < -0.39 is 11.0 Å². The molecule has 1 heterocycles. The first kappa shape index (κ1) is 17.9. The highest BCUT2D eigenvalue weighted by molar-refractivity contribution is 7.82. The van der Waals surface area contributed by atoms with E-state index in [0.717, 1.165) is 45.8 Å². The largest absolute Gasteiger partial charge is 0.342 e. The molecule has 4 aromatic rings. The molecule has 0 saturated carbocycles. The van der Waals surface area contributed by atoms with Crippen molar-refractivity contribution in [2.24, 2.45) is 5.14 Å². The Morgan fingerprint density at radius 3 is 2.67 bits per heavy atom. The molecule has 0 bridgehead atoms. The van der Waals surface area contributed by atoms with Gasteiger partial charge in [0.05, 0.1) is 15.9 Å². The zero-order valence-electron chi connectivity index (χ0n) is 14.5. The van der Waals surface area contributed by atoms with Crippen LogP contribution in [0.15, 0.2) is 71.6 Å². The molecular formula is C21H18ClN3OS. The molecule has 1 unspecified atom stereocenters. The fourth-order valence-electron chi connectivity index (χ4n) is 3.18. The zero-order chi connectivity index (χ0) is 18.8. The number of H-pyrrole nitrogens is 1. The van der Waals surface area contributed by atoms with Gasteiger partial charge in [-0.05, 0) is 53.4 Å². The van der Waals surface area contributed by atoms with Crippen molar-refractivity contribution in [2.45, 2.75) is 17.7 Å². The monoisotopic (exact) mass is 395 g/mol. The van der Waals surface area contributed by atoms with Gasteiger partial charge in [-0.2, -0.15) is 0 Å². The average molecular weight is 396 g/mol. The second-order valence-electron chi connectivity index (χ2n) is 6.34. The number of nitrogens with one attached hydrogen (secondary N) is 1. The highest BCUT2D eigenvalue weighted by Crippen LogP contribution is 2.28. The van der Waals surface area contributed by atoms with E-state index in [9.17, 15) is 4.21 Å². The standard InChI is InChI=1S/C21H18ClN3OS/c22-16-5-3-4-14(12-16)8-11-21-24-18-10-9-15(13-19(18)25-21)17-6-1-2-7-20(17)27(23)26/h1-7,9-10,12-13H,8,11,23H2,(H,24,25). The maximum atomic E-state index is 11.8. The number of aromatic nitrogens is 2. The van der Waals surface area contributed by atoms with Crippen LogP contribution in [0.3, 0.4) is 0 Å². The number of benzene rings is 3. The van der Waals surface area contributed by atoms with Crippen LogP contribution in [0.4, 0.5) is 0 Å². The lowest BCUT2D eigenvalue weighted by Crippen LogP contribution is -2.04. The number of nitrogens with zero attached hydrogens (tertiary/aromatic N) is 1. The summed E-state index contributed by atoms with van der Waals surface area (Å²) in [6.07, 6.45) is 1.66. The van der Waals surface area contributed by atoms with Crippen molar-refractivity contribution in [3.63, 3.8) is 0 Å². The Balaban J connectivity index is 1.62. The Kier molecular flexibility index (Phi) is 5.07. The molecule has 0 spiro atoms. The summed E-state index contributed by atoms with van der Waals surface area (Å²) in [7, 11) is -1.53. The summed E-state index contributed by atoms with van der Waals surface area (Å²) in [6.45, 7) is 0. The van der Waals surface area contributed by atoms with Gasteiger partial charge in [0.25, 0.3) is 0 Å². The molecule has 0 aliphatic heterocycles. The van der Waals surface area contributed by atoms with Gasteiger partial charge in [0.1, 0.15) is 16.8 Å². The highest BCUT2D eigenvalue weighted by Gasteiger charge is 2.10. The zero-order valence-corrected chi connectivity index (χ0v) is 16.1. The second kappa shape index (κ2) is 7.64. The highest BCUT2D eigenvalue weighted by atomic mass is 35.5. The van der Waals surface area contributed by atoms with Crippen molar-refractivity contribution in [1.29, 1.82) is 0 Å². The van der Waals surface area contributed by atoms with E-state index in [1.54, 1.807) is 6.07 Å². The first-order chi connectivity index (χ1) is 13.1. The van der Waals surface area contributed by atoms with Crippen LogP contribution in [-0.4, -0.2) is 14.2 Å². The van der Waals surface area contributed by atoms with Crippen molar-refractivity contribution >= 4 is 33.6 Å². The summed E-state index contributed by atoms with van der Waals surface area (Å²) < 4.78 is 11.8. The fourth-order valence-corrected chi connectivity index (χ4v) is 4.01. The van der Waals surface area contributed by atoms with Crippen molar-refractivity contribution in [3.8, 4) is 11.1 Å². The predicted octanol–water partition coefficient (Wildman–Crippen LogP) is 4.65. The molecule has 1 aromatic heterocycles. The molecule has 3 aromatic carbocycles. The second-order valence-corrected chi connectivity index (χ2v) is 7.81. The molecule has 4 rings (SSSR count). The molecule has 1 atom stereocenters. The van der Waals surface area contributed by atoms with E-state index in [4.69, 9.17) is 16.7 Å². The molecule has 0 aliphatic rings. The van der Waals surface area contributed by atoms with Gasteiger partial charge in [0, 0.05) is 11.4 Å². The van der Waals surface area contributed by atoms with E-state index in [1.165, 1.54) is 5.56 Å². The molecule has 136 valence electrons. The third kappa shape index (κ3) is 3.95. The SMILES string of the molecule is NS(=O)c1ccccc1-c1ccc2nc(CCc3cccc(Cl)c3)[nH]c2c1. The Morgan fingerprint density at radius 1 is 1.00 bits per heavy atom. The smallest absolute Gasteiger partial charge is 0.122 e. The van der Waals surface area contributed by atoms with Crippen LogP contribution in [-0.2, 0) is 23.8 Å². The third-order valence-corrected chi connectivity index (χ3v) is 5.51. The van der Waals surface area contributed by atoms with Gasteiger partial charge < -0.3 is 4.98 Å². The maximum absolute atomic E-state index is 11.8. The molecule has 0 saturated heterocycles. The summed E-state index contributed by atoms with van der Waals surface area (Å²) in [6, 6.07) is 21.3. The van der Waals surface area contributed by atoms with Crippen LogP contribution < -0.4 is 5.14 Å². The van der Waals surface area contributed by atoms with Crippen LogP contribution in [0, 0.1) is 0 Å². The van der Waals surface area contributed by atoms with Gasteiger partial charge in [-0.25, -0.2) is 14.3 Å². The van der Waals surface area contributed by atoms with Crippen molar-refractivity contribution < 1.29 is 4.21 Å². The molecule has 4 nitrogen and oxygen atoms in total. The summed E-state index contributed by atoms with van der Waals surface area (Å²) in [4.78, 5) is 8.68. The average Bonchev–Trinajstić information content (AvgIpc) is 3.08. The molecule has 6 heteroatoms. The first-order valence-electron chi connectivity index (χ1n) is 8.59. The Labute approximate surface area is 165 Å². The summed E-state index contributed by atoms with van der Waals surface area (Å²) >= 11 is 6.05. The molecular weight excluding hydrogens is 378 g/mol. The molecule has 27 heavy (non-hydrogen) atoms. The quantitative estimate of drug-likeness (QED) is 0.516. The minimum atomic E-state index is -1.53. The number of hydrogen-bond acceptors (Lipinski definition) is 2. The Hall–Kier alpha value is -2.47. The maximum Gasteiger partial charge on any atom is 0.122 e. The van der Waals surface area contributed by atoms with Gasteiger partial charge in [0.15, 0.2) is 0 Å². The lowest BCUT2D eigenvalue weighted by atomic mass is 10.1. The molecule has 0 radical (unpaired) electrons. The van der Waals surface area contributed by atoms with Gasteiger partial charge >= 0.3 is 0 Å². The topological polar surface area (TPSA) is 71.8 Å². The predicted molar refractivity (Wildman–Crippen MR) is 111 cm³/mol. The molecule has 0 fully saturated rings. The van der Waals surface area contributed by atoms with Crippen molar-refractivity contribution in [1.82, 2.24) is 9.97 Å². The van der Waals surface area contributed by atoms with Gasteiger partial charge in [-0.1, -0.05) is 48.0 Å². The van der Waals surface area contributed by atoms with Crippen LogP contribution >= 0.6 is 11.6 Å². The van der Waals surface area contributed by atoms with Gasteiger partial charge in [-0.15, -0.1) is 0 Å². The number of aryl methyl sites for hydroxylation is 2. The normalized spacial score (nSPS) is 12.4. The summed E-state index contributed by atoms with van der Waals surface area (Å²) in [5.41, 5.74) is 4.87. The number of aromatic amines is 1. The number of nitrogens with two attached hydrogens (primary N) is 1.